The van der Waals surface area contributed by atoms with E-state index in [9.17, 15) is 4.79 Å². The van der Waals surface area contributed by atoms with E-state index < -0.39 is 0 Å². The standard InChI is InChI=1S/C17H21N3OS/c21-17(16-10-13-4-1-2-6-15(13)22-16)19-8-3-5-14(11-19)20-9-7-18-12-20/h7,9-10,12,14H,1-6,8,11H2/t14-/m1/s1. The molecule has 2 aromatic rings. The Morgan fingerprint density at radius 2 is 2.18 bits per heavy atom. The van der Waals surface area contributed by atoms with Crippen LogP contribution in [0.15, 0.2) is 24.8 Å². The number of hydrogen-bond acceptors (Lipinski definition) is 3. The third-order valence-corrected chi connectivity index (χ3v) is 6.06. The maximum atomic E-state index is 12.8. The number of aryl methyl sites for hydroxylation is 2. The van der Waals surface area contributed by atoms with Gasteiger partial charge in [0.15, 0.2) is 0 Å². The molecule has 1 atom stereocenters. The number of rotatable bonds is 2. The molecular weight excluding hydrogens is 294 g/mol. The lowest BCUT2D eigenvalue weighted by atomic mass is 9.99. The first-order valence-corrected chi connectivity index (χ1v) is 9.01. The summed E-state index contributed by atoms with van der Waals surface area (Å²) in [7, 11) is 0. The molecule has 1 saturated heterocycles. The Morgan fingerprint density at radius 1 is 1.27 bits per heavy atom. The molecule has 0 N–H and O–H groups in total. The number of nitrogens with zero attached hydrogens (tertiary/aromatic N) is 3. The van der Waals surface area contributed by atoms with Crippen molar-refractivity contribution in [3.8, 4) is 0 Å². The SMILES string of the molecule is O=C(c1cc2c(s1)CCCC2)N1CCC[C@@H](n2ccnc2)C1. The fourth-order valence-electron chi connectivity index (χ4n) is 3.62. The molecule has 4 nitrogen and oxygen atoms in total. The van der Waals surface area contributed by atoms with Gasteiger partial charge in [0.05, 0.1) is 17.2 Å². The summed E-state index contributed by atoms with van der Waals surface area (Å²) >= 11 is 1.73. The number of imidazole rings is 1. The van der Waals surface area contributed by atoms with Crippen LogP contribution in [0, 0.1) is 0 Å². The molecule has 0 saturated carbocycles. The molecule has 0 aromatic carbocycles. The zero-order valence-electron chi connectivity index (χ0n) is 12.7. The highest BCUT2D eigenvalue weighted by Gasteiger charge is 2.27. The molecule has 0 bridgehead atoms. The van der Waals surface area contributed by atoms with Crippen LogP contribution in [-0.2, 0) is 12.8 Å². The van der Waals surface area contributed by atoms with E-state index in [4.69, 9.17) is 0 Å². The van der Waals surface area contributed by atoms with Crippen molar-refractivity contribution >= 4 is 17.2 Å². The monoisotopic (exact) mass is 315 g/mol. The van der Waals surface area contributed by atoms with Crippen LogP contribution in [0.3, 0.4) is 0 Å². The van der Waals surface area contributed by atoms with Gasteiger partial charge < -0.3 is 9.47 Å². The molecule has 0 spiro atoms. The first-order chi connectivity index (χ1) is 10.8. The maximum absolute atomic E-state index is 12.8. The first kappa shape index (κ1) is 14.0. The van der Waals surface area contributed by atoms with E-state index in [-0.39, 0.29) is 5.91 Å². The highest BCUT2D eigenvalue weighted by molar-refractivity contribution is 7.14. The van der Waals surface area contributed by atoms with Crippen LogP contribution < -0.4 is 0 Å². The van der Waals surface area contributed by atoms with Gasteiger partial charge in [-0.1, -0.05) is 0 Å². The Kier molecular flexibility index (Phi) is 3.74. The highest BCUT2D eigenvalue weighted by atomic mass is 32.1. The Labute approximate surface area is 134 Å². The van der Waals surface area contributed by atoms with Gasteiger partial charge in [-0.25, -0.2) is 4.98 Å². The minimum absolute atomic E-state index is 0.226. The molecule has 2 aliphatic rings. The van der Waals surface area contributed by atoms with E-state index in [2.05, 4.69) is 15.6 Å². The van der Waals surface area contributed by atoms with Gasteiger partial charge in [-0.15, -0.1) is 11.3 Å². The summed E-state index contributed by atoms with van der Waals surface area (Å²) in [4.78, 5) is 21.4. The van der Waals surface area contributed by atoms with Gasteiger partial charge in [0.1, 0.15) is 0 Å². The molecule has 2 aromatic heterocycles. The number of thiophene rings is 1. The van der Waals surface area contributed by atoms with Gasteiger partial charge in [-0.05, 0) is 50.2 Å². The minimum atomic E-state index is 0.226. The number of carbonyl (C=O) groups is 1. The first-order valence-electron chi connectivity index (χ1n) is 8.19. The number of hydrogen-bond donors (Lipinski definition) is 0. The fraction of sp³-hybridized carbons (Fsp3) is 0.529. The normalized spacial score (nSPS) is 21.6. The minimum Gasteiger partial charge on any atom is -0.336 e. The molecule has 0 radical (unpaired) electrons. The number of carbonyl (C=O) groups excluding carboxylic acids is 1. The molecule has 116 valence electrons. The smallest absolute Gasteiger partial charge is 0.264 e. The molecule has 3 heterocycles. The topological polar surface area (TPSA) is 38.1 Å². The van der Waals surface area contributed by atoms with Crippen molar-refractivity contribution in [2.45, 2.75) is 44.6 Å². The molecule has 5 heteroatoms. The Hall–Kier alpha value is -1.62. The third kappa shape index (κ3) is 2.58. The van der Waals surface area contributed by atoms with Gasteiger partial charge >= 0.3 is 0 Å². The number of fused-ring (bicyclic) bond motifs is 1. The van der Waals surface area contributed by atoms with Crippen LogP contribution >= 0.6 is 11.3 Å². The number of amides is 1. The van der Waals surface area contributed by atoms with E-state index in [0.717, 1.165) is 43.6 Å². The number of aromatic nitrogens is 2. The van der Waals surface area contributed by atoms with Gasteiger partial charge in [0.25, 0.3) is 5.91 Å². The summed E-state index contributed by atoms with van der Waals surface area (Å²) < 4.78 is 2.14. The van der Waals surface area contributed by atoms with E-state index in [1.807, 2.05) is 23.6 Å². The molecule has 1 fully saturated rings. The number of piperidine rings is 1. The van der Waals surface area contributed by atoms with Gasteiger partial charge in [0.2, 0.25) is 0 Å². The van der Waals surface area contributed by atoms with Crippen molar-refractivity contribution in [3.05, 3.63) is 40.1 Å². The van der Waals surface area contributed by atoms with Crippen molar-refractivity contribution in [2.75, 3.05) is 13.1 Å². The summed E-state index contributed by atoms with van der Waals surface area (Å²) in [6.07, 6.45) is 12.7. The van der Waals surface area contributed by atoms with Crippen molar-refractivity contribution in [2.24, 2.45) is 0 Å². The maximum Gasteiger partial charge on any atom is 0.264 e. The lowest BCUT2D eigenvalue weighted by Crippen LogP contribution is -2.40. The fourth-order valence-corrected chi connectivity index (χ4v) is 4.84. The van der Waals surface area contributed by atoms with Crippen LogP contribution in [0.25, 0.3) is 0 Å². The second kappa shape index (κ2) is 5.88. The van der Waals surface area contributed by atoms with Crippen LogP contribution in [0.2, 0.25) is 0 Å². The second-order valence-corrected chi connectivity index (χ2v) is 7.46. The quantitative estimate of drug-likeness (QED) is 0.853. The van der Waals surface area contributed by atoms with Crippen LogP contribution in [0.4, 0.5) is 0 Å². The second-order valence-electron chi connectivity index (χ2n) is 6.32. The average molecular weight is 315 g/mol. The molecule has 22 heavy (non-hydrogen) atoms. The largest absolute Gasteiger partial charge is 0.336 e. The summed E-state index contributed by atoms with van der Waals surface area (Å²) in [6, 6.07) is 2.53. The van der Waals surface area contributed by atoms with Gasteiger partial charge in [0, 0.05) is 30.4 Å². The van der Waals surface area contributed by atoms with E-state index in [1.54, 1.807) is 11.3 Å². The molecule has 1 aliphatic heterocycles. The van der Waals surface area contributed by atoms with Crippen molar-refractivity contribution < 1.29 is 4.79 Å². The summed E-state index contributed by atoms with van der Waals surface area (Å²) in [6.45, 7) is 1.68. The Bertz CT molecular complexity index is 638. The number of likely N-dealkylation sites (tertiary alicyclic amines) is 1. The predicted molar refractivity (Wildman–Crippen MR) is 87.4 cm³/mol. The van der Waals surface area contributed by atoms with E-state index in [1.165, 1.54) is 23.3 Å². The van der Waals surface area contributed by atoms with Crippen LogP contribution in [0.5, 0.6) is 0 Å². The predicted octanol–water partition coefficient (Wildman–Crippen LogP) is 3.30. The van der Waals surface area contributed by atoms with Crippen molar-refractivity contribution in [1.29, 1.82) is 0 Å². The van der Waals surface area contributed by atoms with Crippen molar-refractivity contribution in [3.63, 3.8) is 0 Å². The van der Waals surface area contributed by atoms with Crippen LogP contribution in [-0.4, -0.2) is 33.4 Å². The summed E-state index contributed by atoms with van der Waals surface area (Å²) in [5.74, 6) is 0.226. The highest BCUT2D eigenvalue weighted by Crippen LogP contribution is 2.31. The van der Waals surface area contributed by atoms with Gasteiger partial charge in [-0.2, -0.15) is 0 Å². The van der Waals surface area contributed by atoms with E-state index >= 15 is 0 Å². The lowest BCUT2D eigenvalue weighted by Gasteiger charge is -2.33. The lowest BCUT2D eigenvalue weighted by molar-refractivity contribution is 0.0684. The third-order valence-electron chi connectivity index (χ3n) is 4.84. The Balaban J connectivity index is 1.51. The summed E-state index contributed by atoms with van der Waals surface area (Å²) in [5.41, 5.74) is 1.42. The molecular formula is C17H21N3OS. The van der Waals surface area contributed by atoms with Crippen molar-refractivity contribution in [1.82, 2.24) is 14.5 Å². The molecule has 1 aliphatic carbocycles. The zero-order chi connectivity index (χ0) is 14.9. The van der Waals surface area contributed by atoms with Crippen LogP contribution in [0.1, 0.15) is 51.8 Å². The summed E-state index contributed by atoms with van der Waals surface area (Å²) in [5, 5.41) is 0. The molecule has 1 amide bonds. The average Bonchev–Trinajstić information content (AvgIpc) is 3.23. The Morgan fingerprint density at radius 3 is 3.00 bits per heavy atom. The molecule has 0 unspecified atom stereocenters. The van der Waals surface area contributed by atoms with Gasteiger partial charge in [-0.3, -0.25) is 4.79 Å². The zero-order valence-corrected chi connectivity index (χ0v) is 13.5. The van der Waals surface area contributed by atoms with E-state index in [0.29, 0.717) is 6.04 Å². The molecule has 4 rings (SSSR count).